The number of carboxylic acid groups (broad SMARTS) is 1. The van der Waals surface area contributed by atoms with Crippen LogP contribution in [0.1, 0.15) is 19.4 Å². The Balaban J connectivity index is 1.90. The van der Waals surface area contributed by atoms with Gasteiger partial charge in [-0.05, 0) is 42.8 Å². The fourth-order valence-electron chi connectivity index (χ4n) is 3.35. The molecule has 1 aromatic rings. The van der Waals surface area contributed by atoms with Crippen molar-refractivity contribution in [1.82, 2.24) is 9.80 Å². The molecule has 2 rings (SSSR count). The van der Waals surface area contributed by atoms with Crippen molar-refractivity contribution in [3.63, 3.8) is 0 Å². The fraction of sp³-hybridized carbons (Fsp3) is 0.588. The summed E-state index contributed by atoms with van der Waals surface area (Å²) in [6, 6.07) is 3.43. The number of ether oxygens (including phenoxy) is 1. The molecule has 2 atom stereocenters. The molecule has 0 unspecified atom stereocenters. The first-order valence-electron chi connectivity index (χ1n) is 8.46. The van der Waals surface area contributed by atoms with Crippen LogP contribution in [0, 0.1) is 17.0 Å². The molecular weight excluding hydrogens is 406 g/mol. The molecular formula is C17H24BrN3O5. The second-order valence-corrected chi connectivity index (χ2v) is 7.55. The van der Waals surface area contributed by atoms with Gasteiger partial charge >= 0.3 is 5.97 Å². The van der Waals surface area contributed by atoms with E-state index in [4.69, 9.17) is 9.84 Å². The average molecular weight is 430 g/mol. The van der Waals surface area contributed by atoms with Crippen molar-refractivity contribution in [1.29, 1.82) is 0 Å². The minimum absolute atomic E-state index is 0.0569. The molecule has 0 aliphatic carbocycles. The van der Waals surface area contributed by atoms with Gasteiger partial charge in [-0.2, -0.15) is 0 Å². The number of nitrogens with zero attached hydrogens (tertiary/aromatic N) is 3. The number of rotatable bonds is 7. The zero-order chi connectivity index (χ0) is 19.4. The molecule has 26 heavy (non-hydrogen) atoms. The SMILES string of the molecule is Cc1cc(OCCN2C[C@@H](C)N(CC(=O)O)[C@@H](C)C2)c(Br)cc1[N+](=O)[O-]. The molecule has 1 aliphatic rings. The van der Waals surface area contributed by atoms with Crippen molar-refractivity contribution in [3.05, 3.63) is 32.3 Å². The van der Waals surface area contributed by atoms with E-state index in [0.29, 0.717) is 28.9 Å². The Morgan fingerprint density at radius 3 is 2.54 bits per heavy atom. The summed E-state index contributed by atoms with van der Waals surface area (Å²) in [7, 11) is 0. The van der Waals surface area contributed by atoms with Crippen molar-refractivity contribution in [2.45, 2.75) is 32.9 Å². The third kappa shape index (κ3) is 5.15. The molecule has 1 fully saturated rings. The molecule has 1 aromatic carbocycles. The minimum Gasteiger partial charge on any atom is -0.491 e. The van der Waals surface area contributed by atoms with Crippen LogP contribution in [0.5, 0.6) is 5.75 Å². The van der Waals surface area contributed by atoms with Gasteiger partial charge in [0.25, 0.3) is 5.69 Å². The quantitative estimate of drug-likeness (QED) is 0.525. The lowest BCUT2D eigenvalue weighted by atomic mass is 10.1. The lowest BCUT2D eigenvalue weighted by Crippen LogP contribution is -2.58. The summed E-state index contributed by atoms with van der Waals surface area (Å²) in [6.07, 6.45) is 0. The number of halogens is 1. The van der Waals surface area contributed by atoms with Gasteiger partial charge in [0.2, 0.25) is 0 Å². The fourth-order valence-corrected chi connectivity index (χ4v) is 3.80. The summed E-state index contributed by atoms with van der Waals surface area (Å²) >= 11 is 3.32. The Kier molecular flexibility index (Phi) is 6.96. The van der Waals surface area contributed by atoms with Gasteiger partial charge in [-0.25, -0.2) is 0 Å². The van der Waals surface area contributed by atoms with E-state index >= 15 is 0 Å². The number of hydrogen-bond donors (Lipinski definition) is 1. The normalized spacial score (nSPS) is 21.5. The summed E-state index contributed by atoms with van der Waals surface area (Å²) in [5.74, 6) is -0.224. The molecule has 144 valence electrons. The van der Waals surface area contributed by atoms with Crippen LogP contribution in [0.4, 0.5) is 5.69 Å². The standard InChI is InChI=1S/C17H24BrN3O5/c1-11-6-16(14(18)7-15(11)21(24)25)26-5-4-19-8-12(2)20(10-17(22)23)13(3)9-19/h6-7,12-13H,4-5,8-10H2,1-3H3,(H,22,23)/t12-,13+. The average Bonchev–Trinajstić information content (AvgIpc) is 2.53. The van der Waals surface area contributed by atoms with Crippen LogP contribution in [0.3, 0.4) is 0 Å². The number of hydrogen-bond acceptors (Lipinski definition) is 6. The number of carboxylic acids is 1. The number of carbonyl (C=O) groups is 1. The number of benzene rings is 1. The smallest absolute Gasteiger partial charge is 0.317 e. The number of aliphatic carboxylic acids is 1. The van der Waals surface area contributed by atoms with E-state index in [0.717, 1.165) is 13.1 Å². The van der Waals surface area contributed by atoms with Crippen molar-refractivity contribution < 1.29 is 19.6 Å². The molecule has 0 amide bonds. The highest BCUT2D eigenvalue weighted by Gasteiger charge is 2.30. The van der Waals surface area contributed by atoms with E-state index in [1.165, 1.54) is 6.07 Å². The molecule has 1 aliphatic heterocycles. The predicted molar refractivity (Wildman–Crippen MR) is 101 cm³/mol. The van der Waals surface area contributed by atoms with Gasteiger partial charge in [0, 0.05) is 43.3 Å². The Hall–Kier alpha value is -1.71. The molecule has 8 nitrogen and oxygen atoms in total. The maximum atomic E-state index is 11.0. The van der Waals surface area contributed by atoms with Crippen LogP contribution < -0.4 is 4.74 Å². The van der Waals surface area contributed by atoms with Crippen molar-refractivity contribution >= 4 is 27.6 Å². The van der Waals surface area contributed by atoms with Crippen LogP contribution in [-0.4, -0.2) is 70.7 Å². The monoisotopic (exact) mass is 429 g/mol. The number of nitro groups is 1. The van der Waals surface area contributed by atoms with E-state index in [1.54, 1.807) is 13.0 Å². The van der Waals surface area contributed by atoms with Gasteiger partial charge in [-0.1, -0.05) is 0 Å². The largest absolute Gasteiger partial charge is 0.491 e. The molecule has 0 aromatic heterocycles. The van der Waals surface area contributed by atoms with Crippen LogP contribution in [-0.2, 0) is 4.79 Å². The molecule has 0 spiro atoms. The van der Waals surface area contributed by atoms with Gasteiger partial charge in [0.05, 0.1) is 15.9 Å². The summed E-state index contributed by atoms with van der Waals surface area (Å²) in [5.41, 5.74) is 0.610. The van der Waals surface area contributed by atoms with Gasteiger partial charge in [-0.3, -0.25) is 24.7 Å². The summed E-state index contributed by atoms with van der Waals surface area (Å²) in [4.78, 5) is 25.8. The lowest BCUT2D eigenvalue weighted by Gasteiger charge is -2.43. The minimum atomic E-state index is -0.807. The Bertz CT molecular complexity index is 673. The summed E-state index contributed by atoms with van der Waals surface area (Å²) in [5, 5.41) is 20.0. The van der Waals surface area contributed by atoms with E-state index < -0.39 is 10.9 Å². The molecule has 1 N–H and O–H groups in total. The van der Waals surface area contributed by atoms with Crippen molar-refractivity contribution in [2.75, 3.05) is 32.8 Å². The zero-order valence-electron chi connectivity index (χ0n) is 15.1. The number of aryl methyl sites for hydroxylation is 1. The third-order valence-corrected chi connectivity index (χ3v) is 5.23. The first-order chi connectivity index (χ1) is 12.2. The molecule has 1 heterocycles. The Labute approximate surface area is 161 Å². The maximum Gasteiger partial charge on any atom is 0.317 e. The van der Waals surface area contributed by atoms with Gasteiger partial charge in [0.15, 0.2) is 0 Å². The van der Waals surface area contributed by atoms with E-state index in [-0.39, 0.29) is 24.3 Å². The van der Waals surface area contributed by atoms with Gasteiger partial charge in [-0.15, -0.1) is 0 Å². The zero-order valence-corrected chi connectivity index (χ0v) is 16.7. The van der Waals surface area contributed by atoms with Crippen LogP contribution >= 0.6 is 15.9 Å². The van der Waals surface area contributed by atoms with Crippen LogP contribution in [0.2, 0.25) is 0 Å². The summed E-state index contributed by atoms with van der Waals surface area (Å²) < 4.78 is 6.36. The third-order valence-electron chi connectivity index (χ3n) is 4.61. The molecule has 1 saturated heterocycles. The van der Waals surface area contributed by atoms with Gasteiger partial charge in [0.1, 0.15) is 12.4 Å². The molecule has 0 bridgehead atoms. The van der Waals surface area contributed by atoms with Crippen molar-refractivity contribution in [3.8, 4) is 5.75 Å². The highest BCUT2D eigenvalue weighted by atomic mass is 79.9. The van der Waals surface area contributed by atoms with Crippen LogP contribution in [0.15, 0.2) is 16.6 Å². The van der Waals surface area contributed by atoms with E-state index in [2.05, 4.69) is 20.8 Å². The second kappa shape index (κ2) is 8.79. The topological polar surface area (TPSA) is 96.2 Å². The Morgan fingerprint density at radius 1 is 1.38 bits per heavy atom. The van der Waals surface area contributed by atoms with E-state index in [1.807, 2.05) is 18.7 Å². The predicted octanol–water partition coefficient (Wildman–Crippen LogP) is 2.52. The Morgan fingerprint density at radius 2 is 2.00 bits per heavy atom. The highest BCUT2D eigenvalue weighted by molar-refractivity contribution is 9.10. The second-order valence-electron chi connectivity index (χ2n) is 6.70. The molecule has 0 radical (unpaired) electrons. The highest BCUT2D eigenvalue weighted by Crippen LogP contribution is 2.32. The molecule has 0 saturated carbocycles. The first-order valence-corrected chi connectivity index (χ1v) is 9.25. The number of nitro benzene ring substituents is 1. The molecule has 9 heteroatoms. The van der Waals surface area contributed by atoms with Crippen LogP contribution in [0.25, 0.3) is 0 Å². The lowest BCUT2D eigenvalue weighted by molar-refractivity contribution is -0.385. The first kappa shape index (κ1) is 20.6. The van der Waals surface area contributed by atoms with Crippen molar-refractivity contribution in [2.24, 2.45) is 0 Å². The summed E-state index contributed by atoms with van der Waals surface area (Å²) in [6.45, 7) is 8.52. The number of piperazine rings is 1. The van der Waals surface area contributed by atoms with E-state index in [9.17, 15) is 14.9 Å². The maximum absolute atomic E-state index is 11.0. The van der Waals surface area contributed by atoms with Gasteiger partial charge < -0.3 is 9.84 Å².